The molecule has 0 bridgehead atoms. The minimum Gasteiger partial charge on any atom is -0.454 e. The molecule has 1 aromatic heterocycles. The van der Waals surface area contributed by atoms with Gasteiger partial charge in [0.05, 0.1) is 0 Å². The summed E-state index contributed by atoms with van der Waals surface area (Å²) in [4.78, 5) is 12.0. The molecule has 0 atom stereocenters. The van der Waals surface area contributed by atoms with Gasteiger partial charge in [-0.05, 0) is 24.6 Å². The van der Waals surface area contributed by atoms with Gasteiger partial charge < -0.3 is 19.3 Å². The van der Waals surface area contributed by atoms with Crippen molar-refractivity contribution in [2.75, 3.05) is 13.3 Å². The number of hydrogen-bond donors (Lipinski definition) is 1. The second kappa shape index (κ2) is 6.51. The van der Waals surface area contributed by atoms with E-state index < -0.39 is 0 Å². The third kappa shape index (κ3) is 3.05. The van der Waals surface area contributed by atoms with E-state index in [0.29, 0.717) is 23.8 Å². The van der Waals surface area contributed by atoms with E-state index in [2.05, 4.69) is 17.4 Å². The van der Waals surface area contributed by atoms with Gasteiger partial charge in [0.15, 0.2) is 23.0 Å². The fourth-order valence-corrected chi connectivity index (χ4v) is 2.24. The number of aromatic nitrogens is 1. The minimum absolute atomic E-state index is 0.216. The van der Waals surface area contributed by atoms with E-state index in [1.54, 1.807) is 6.07 Å². The van der Waals surface area contributed by atoms with Crippen LogP contribution in [-0.4, -0.2) is 24.4 Å². The lowest BCUT2D eigenvalue weighted by atomic mass is 10.1. The lowest BCUT2D eigenvalue weighted by Crippen LogP contribution is -2.24. The zero-order valence-electron chi connectivity index (χ0n) is 12.4. The van der Waals surface area contributed by atoms with Gasteiger partial charge in [-0.25, -0.2) is 0 Å². The van der Waals surface area contributed by atoms with Crippen LogP contribution in [0.15, 0.2) is 28.8 Å². The van der Waals surface area contributed by atoms with Crippen molar-refractivity contribution in [1.29, 1.82) is 0 Å². The smallest absolute Gasteiger partial charge is 0.273 e. The molecule has 1 aliphatic heterocycles. The van der Waals surface area contributed by atoms with Crippen LogP contribution in [0.3, 0.4) is 0 Å². The number of nitrogens with one attached hydrogen (secondary N) is 1. The standard InChI is InChI=1S/C16H18N2O4/c1-2-3-4-7-17-16(19)12-9-14(22-18-12)11-5-6-13-15(8-11)21-10-20-13/h5-6,8-9H,2-4,7,10H2,1H3,(H,17,19). The van der Waals surface area contributed by atoms with Gasteiger partial charge in [-0.2, -0.15) is 0 Å². The van der Waals surface area contributed by atoms with Crippen molar-refractivity contribution in [3.05, 3.63) is 30.0 Å². The Bertz CT molecular complexity index is 666. The number of benzene rings is 1. The summed E-state index contributed by atoms with van der Waals surface area (Å²) in [6, 6.07) is 7.10. The zero-order valence-corrected chi connectivity index (χ0v) is 12.4. The summed E-state index contributed by atoms with van der Waals surface area (Å²) in [5, 5.41) is 6.66. The highest BCUT2D eigenvalue weighted by molar-refractivity contribution is 5.93. The third-order valence-electron chi connectivity index (χ3n) is 3.47. The average Bonchev–Trinajstić information content (AvgIpc) is 3.19. The molecule has 2 heterocycles. The maximum Gasteiger partial charge on any atom is 0.273 e. The molecule has 0 spiro atoms. The predicted octanol–water partition coefficient (Wildman–Crippen LogP) is 2.99. The van der Waals surface area contributed by atoms with E-state index in [1.807, 2.05) is 18.2 Å². The first-order valence-electron chi connectivity index (χ1n) is 7.43. The molecule has 0 aliphatic carbocycles. The van der Waals surface area contributed by atoms with Crippen LogP contribution in [0.2, 0.25) is 0 Å². The van der Waals surface area contributed by atoms with Crippen LogP contribution < -0.4 is 14.8 Å². The van der Waals surface area contributed by atoms with Gasteiger partial charge in [0.25, 0.3) is 5.91 Å². The molecule has 2 aromatic rings. The molecule has 1 N–H and O–H groups in total. The maximum atomic E-state index is 12.0. The second-order valence-electron chi connectivity index (χ2n) is 5.11. The van der Waals surface area contributed by atoms with E-state index >= 15 is 0 Å². The van der Waals surface area contributed by atoms with Crippen LogP contribution in [0.25, 0.3) is 11.3 Å². The van der Waals surface area contributed by atoms with Gasteiger partial charge >= 0.3 is 0 Å². The van der Waals surface area contributed by atoms with Crippen molar-refractivity contribution < 1.29 is 18.8 Å². The van der Waals surface area contributed by atoms with Crippen LogP contribution in [0.5, 0.6) is 11.5 Å². The predicted molar refractivity (Wildman–Crippen MR) is 79.9 cm³/mol. The van der Waals surface area contributed by atoms with Crippen LogP contribution in [-0.2, 0) is 0 Å². The zero-order chi connectivity index (χ0) is 15.4. The molecule has 6 heteroatoms. The molecule has 0 radical (unpaired) electrons. The summed E-state index contributed by atoms with van der Waals surface area (Å²) in [6.07, 6.45) is 3.19. The van der Waals surface area contributed by atoms with Crippen molar-refractivity contribution >= 4 is 5.91 Å². The Balaban J connectivity index is 1.67. The Morgan fingerprint density at radius 3 is 2.95 bits per heavy atom. The van der Waals surface area contributed by atoms with Gasteiger partial charge in [0.1, 0.15) is 0 Å². The lowest BCUT2D eigenvalue weighted by Gasteiger charge is -2.00. The van der Waals surface area contributed by atoms with E-state index in [4.69, 9.17) is 14.0 Å². The molecule has 1 amide bonds. The largest absolute Gasteiger partial charge is 0.454 e. The SMILES string of the molecule is CCCCCNC(=O)c1cc(-c2ccc3c(c2)OCO3)on1. The molecule has 0 unspecified atom stereocenters. The number of carbonyl (C=O) groups is 1. The molecule has 116 valence electrons. The van der Waals surface area contributed by atoms with E-state index in [1.165, 1.54) is 0 Å². The van der Waals surface area contributed by atoms with Gasteiger partial charge in [-0.15, -0.1) is 0 Å². The quantitative estimate of drug-likeness (QED) is 0.830. The Hall–Kier alpha value is -2.50. The van der Waals surface area contributed by atoms with E-state index in [9.17, 15) is 4.79 Å². The summed E-state index contributed by atoms with van der Waals surface area (Å²) >= 11 is 0. The van der Waals surface area contributed by atoms with Crippen molar-refractivity contribution in [2.45, 2.75) is 26.2 Å². The third-order valence-corrected chi connectivity index (χ3v) is 3.47. The second-order valence-corrected chi connectivity index (χ2v) is 5.11. The Labute approximate surface area is 128 Å². The number of nitrogens with zero attached hydrogens (tertiary/aromatic N) is 1. The number of ether oxygens (including phenoxy) is 2. The molecule has 3 rings (SSSR count). The maximum absolute atomic E-state index is 12.0. The van der Waals surface area contributed by atoms with Gasteiger partial charge in [0, 0.05) is 18.2 Å². The van der Waals surface area contributed by atoms with Crippen LogP contribution >= 0.6 is 0 Å². The number of carbonyl (C=O) groups excluding carboxylic acids is 1. The van der Waals surface area contributed by atoms with Gasteiger partial charge in [0.2, 0.25) is 6.79 Å². The summed E-state index contributed by atoms with van der Waals surface area (Å²) in [5.41, 5.74) is 1.07. The number of amides is 1. The van der Waals surface area contributed by atoms with E-state index in [0.717, 1.165) is 24.8 Å². The Kier molecular flexibility index (Phi) is 4.27. The number of fused-ring (bicyclic) bond motifs is 1. The molecule has 22 heavy (non-hydrogen) atoms. The number of hydrogen-bond acceptors (Lipinski definition) is 5. The first-order chi connectivity index (χ1) is 10.8. The first-order valence-corrected chi connectivity index (χ1v) is 7.43. The summed E-state index contributed by atoms with van der Waals surface area (Å²) < 4.78 is 15.8. The highest BCUT2D eigenvalue weighted by Gasteiger charge is 2.17. The van der Waals surface area contributed by atoms with Crippen LogP contribution in [0.1, 0.15) is 36.7 Å². The Morgan fingerprint density at radius 1 is 1.23 bits per heavy atom. The molecule has 6 nitrogen and oxygen atoms in total. The Morgan fingerprint density at radius 2 is 2.09 bits per heavy atom. The molecule has 0 fully saturated rings. The van der Waals surface area contributed by atoms with Crippen molar-refractivity contribution in [1.82, 2.24) is 10.5 Å². The first kappa shape index (κ1) is 14.4. The summed E-state index contributed by atoms with van der Waals surface area (Å²) in [6.45, 7) is 3.00. The van der Waals surface area contributed by atoms with Crippen LogP contribution in [0.4, 0.5) is 0 Å². The fourth-order valence-electron chi connectivity index (χ4n) is 2.24. The van der Waals surface area contributed by atoms with E-state index in [-0.39, 0.29) is 18.4 Å². The van der Waals surface area contributed by atoms with Crippen molar-refractivity contribution in [3.8, 4) is 22.8 Å². The summed E-state index contributed by atoms with van der Waals surface area (Å²) in [7, 11) is 0. The normalized spacial score (nSPS) is 12.4. The highest BCUT2D eigenvalue weighted by atomic mass is 16.7. The topological polar surface area (TPSA) is 73.6 Å². The number of rotatable bonds is 6. The summed E-state index contributed by atoms with van der Waals surface area (Å²) in [5.74, 6) is 1.68. The fraction of sp³-hybridized carbons (Fsp3) is 0.375. The van der Waals surface area contributed by atoms with Crippen molar-refractivity contribution in [3.63, 3.8) is 0 Å². The lowest BCUT2D eigenvalue weighted by molar-refractivity contribution is 0.0944. The van der Waals surface area contributed by atoms with Gasteiger partial charge in [-0.1, -0.05) is 24.9 Å². The van der Waals surface area contributed by atoms with Gasteiger partial charge in [-0.3, -0.25) is 4.79 Å². The monoisotopic (exact) mass is 302 g/mol. The number of unbranched alkanes of at least 4 members (excludes halogenated alkanes) is 2. The molecular weight excluding hydrogens is 284 g/mol. The molecule has 1 aromatic carbocycles. The minimum atomic E-state index is -0.216. The average molecular weight is 302 g/mol. The molecular formula is C16H18N2O4. The molecule has 0 saturated carbocycles. The highest BCUT2D eigenvalue weighted by Crippen LogP contribution is 2.35. The molecule has 0 saturated heterocycles. The van der Waals surface area contributed by atoms with Crippen molar-refractivity contribution in [2.24, 2.45) is 0 Å². The molecule has 1 aliphatic rings. The van der Waals surface area contributed by atoms with Crippen LogP contribution in [0, 0.1) is 0 Å².